The van der Waals surface area contributed by atoms with Gasteiger partial charge in [0.15, 0.2) is 47.4 Å². The lowest BCUT2D eigenvalue weighted by Crippen LogP contribution is -2.36. The summed E-state index contributed by atoms with van der Waals surface area (Å²) in [4.78, 5) is 58.3. The molecule has 2 unspecified atom stereocenters. The molecule has 1 aromatic carbocycles. The summed E-state index contributed by atoms with van der Waals surface area (Å²) < 4.78 is 104. The molecule has 22 nitrogen and oxygen atoms in total. The minimum atomic E-state index is -4.75. The monoisotopic (exact) mass is 912 g/mol. The molecule has 3 aliphatic rings. The Kier molecular flexibility index (Phi) is 12.6. The minimum Gasteiger partial charge on any atom is -0.427 e. The highest BCUT2D eigenvalue weighted by molar-refractivity contribution is 8.54. The van der Waals surface area contributed by atoms with Crippen LogP contribution in [0, 0.1) is 0 Å². The third-order valence-corrected chi connectivity index (χ3v) is 14.6. The standard InChI is InChI=1S/C34H40F2N10O12P2S/c1-2-3-4-5-21(47)55-18-8-6-17(7-9-18)12-61-60(51)54-11-20-26(23(36)32(57-20)45-14-41-24-28(37)39-13-40-29(24)45)52-16-59(49,50)53-10-19-22(35)27(58-60)33(56-19)46-15-42-25-30(46)43-34(38)44-31(25)48/h6-9,13-15,19-20,22-23,26-27,32-33H,2-5,10-12,16H2,1H3,(H,49,50)(H2,37,39,40)(H3,38,43,44,48)/t19-,20-,22-,23-,26-,27-,32-,33-,60?/m1/s1. The molecule has 6 N–H and O–H groups in total. The third kappa shape index (κ3) is 9.22. The Labute approximate surface area is 347 Å². The number of carbonyl (C=O) groups excluding carboxylic acids is 1. The number of hydrogen-bond donors (Lipinski definition) is 4. The first kappa shape index (κ1) is 43.2. The maximum atomic E-state index is 16.6. The first-order valence-electron chi connectivity index (χ1n) is 18.9. The number of H-pyrrole nitrogens is 1. The van der Waals surface area contributed by atoms with Gasteiger partial charge in [-0.25, -0.2) is 33.3 Å². The molecule has 7 heterocycles. The Balaban J connectivity index is 1.11. The fourth-order valence-electron chi connectivity index (χ4n) is 6.93. The van der Waals surface area contributed by atoms with Crippen LogP contribution >= 0.6 is 25.8 Å². The van der Waals surface area contributed by atoms with E-state index in [1.54, 1.807) is 24.3 Å². The predicted octanol–water partition coefficient (Wildman–Crippen LogP) is 4.08. The summed E-state index contributed by atoms with van der Waals surface area (Å²) in [6.07, 6.45) is -8.75. The predicted molar refractivity (Wildman–Crippen MR) is 211 cm³/mol. The van der Waals surface area contributed by atoms with Crippen LogP contribution in [-0.2, 0) is 47.5 Å². The number of aromatic amines is 1. The molecule has 3 aliphatic heterocycles. The Morgan fingerprint density at radius 3 is 2.44 bits per heavy atom. The van der Waals surface area contributed by atoms with E-state index >= 15 is 13.3 Å². The minimum absolute atomic E-state index is 0.0133. The first-order valence-corrected chi connectivity index (χ1v) is 23.8. The summed E-state index contributed by atoms with van der Waals surface area (Å²) in [6.45, 7) is -4.18. The molecule has 4 aromatic heterocycles. The fourth-order valence-corrected chi connectivity index (χ4v) is 11.1. The number of aromatic nitrogens is 8. The van der Waals surface area contributed by atoms with Gasteiger partial charge in [0.05, 0.1) is 25.9 Å². The lowest BCUT2D eigenvalue weighted by Gasteiger charge is -2.28. The van der Waals surface area contributed by atoms with E-state index in [1.165, 1.54) is 10.9 Å². The number of unbranched alkanes of at least 4 members (excludes halogenated alkanes) is 2. The van der Waals surface area contributed by atoms with Crippen molar-refractivity contribution < 1.29 is 60.1 Å². The van der Waals surface area contributed by atoms with Crippen molar-refractivity contribution in [3.05, 3.63) is 59.2 Å². The van der Waals surface area contributed by atoms with Gasteiger partial charge < -0.3 is 39.8 Å². The molecule has 328 valence electrons. The number of nitrogens with zero attached hydrogens (tertiary/aromatic N) is 7. The molecule has 27 heteroatoms. The number of carbonyl (C=O) groups is 1. The third-order valence-electron chi connectivity index (χ3n) is 9.96. The molecule has 8 rings (SSSR count). The van der Waals surface area contributed by atoms with Crippen molar-refractivity contribution in [3.63, 3.8) is 0 Å². The molecule has 0 radical (unpaired) electrons. The van der Waals surface area contributed by atoms with E-state index in [1.807, 2.05) is 6.92 Å². The Bertz CT molecular complexity index is 2550. The van der Waals surface area contributed by atoms with Crippen LogP contribution < -0.4 is 21.8 Å². The molecular weight excluding hydrogens is 872 g/mol. The number of hydrogen-bond acceptors (Lipinski definition) is 19. The van der Waals surface area contributed by atoms with Crippen LogP contribution in [-0.4, -0.2) is 106 Å². The van der Waals surface area contributed by atoms with Crippen molar-refractivity contribution in [1.82, 2.24) is 39.0 Å². The lowest BCUT2D eigenvalue weighted by molar-refractivity contribution is -0.134. The van der Waals surface area contributed by atoms with Gasteiger partial charge in [-0.2, -0.15) is 4.98 Å². The van der Waals surface area contributed by atoms with E-state index in [9.17, 15) is 19.0 Å². The molecule has 61 heavy (non-hydrogen) atoms. The van der Waals surface area contributed by atoms with Gasteiger partial charge in [0.25, 0.3) is 5.56 Å². The van der Waals surface area contributed by atoms with E-state index in [-0.39, 0.29) is 52.2 Å². The van der Waals surface area contributed by atoms with Crippen LogP contribution in [0.15, 0.2) is 48.0 Å². The maximum absolute atomic E-state index is 16.6. The van der Waals surface area contributed by atoms with Crippen molar-refractivity contribution >= 4 is 65.8 Å². The summed E-state index contributed by atoms with van der Waals surface area (Å²) in [7, 11) is -4.75. The normalized spacial score (nSPS) is 31.0. The van der Waals surface area contributed by atoms with E-state index in [0.717, 1.165) is 30.1 Å². The highest BCUT2D eigenvalue weighted by atomic mass is 32.7. The van der Waals surface area contributed by atoms with Crippen LogP contribution in [0.4, 0.5) is 20.5 Å². The van der Waals surface area contributed by atoms with Crippen LogP contribution in [0.3, 0.4) is 0 Å². The van der Waals surface area contributed by atoms with Gasteiger partial charge in [0, 0.05) is 12.2 Å². The molecule has 0 spiro atoms. The number of anilines is 2. The molecule has 3 saturated heterocycles. The molecule has 10 atom stereocenters. The Morgan fingerprint density at radius 2 is 1.67 bits per heavy atom. The molecule has 0 amide bonds. The molecular formula is C34H40F2N10O12P2S. The van der Waals surface area contributed by atoms with Crippen molar-refractivity contribution in [2.75, 3.05) is 31.0 Å². The Morgan fingerprint density at radius 1 is 0.951 bits per heavy atom. The number of halogens is 2. The summed E-state index contributed by atoms with van der Waals surface area (Å²) >= 11 is 0.644. The number of nitrogen functional groups attached to an aromatic ring is 2. The second-order valence-electron chi connectivity index (χ2n) is 14.2. The zero-order chi connectivity index (χ0) is 43.1. The zero-order valence-electron chi connectivity index (χ0n) is 32.1. The largest absolute Gasteiger partial charge is 0.427 e. The summed E-state index contributed by atoms with van der Waals surface area (Å²) in [5, 5.41) is 0. The summed E-state index contributed by atoms with van der Waals surface area (Å²) in [5.41, 5.74) is 11.5. The van der Waals surface area contributed by atoms with Crippen LogP contribution in [0.25, 0.3) is 22.3 Å². The number of nitrogens with one attached hydrogen (secondary N) is 1. The maximum Gasteiger partial charge on any atom is 0.390 e. The highest BCUT2D eigenvalue weighted by Crippen LogP contribution is 2.65. The van der Waals surface area contributed by atoms with E-state index in [4.69, 9.17) is 44.0 Å². The van der Waals surface area contributed by atoms with Gasteiger partial charge in [-0.05, 0) is 35.5 Å². The smallest absolute Gasteiger partial charge is 0.390 e. The second kappa shape index (κ2) is 17.8. The number of benzene rings is 1. The van der Waals surface area contributed by atoms with Crippen LogP contribution in [0.5, 0.6) is 5.75 Å². The molecule has 0 aliphatic carbocycles. The van der Waals surface area contributed by atoms with Gasteiger partial charge in [-0.15, -0.1) is 0 Å². The number of nitrogens with two attached hydrogens (primary N) is 2. The number of alkyl halides is 2. The van der Waals surface area contributed by atoms with E-state index in [2.05, 4.69) is 29.9 Å². The first-order chi connectivity index (χ1) is 29.2. The zero-order valence-corrected chi connectivity index (χ0v) is 34.7. The Hall–Kier alpha value is -4.42. The van der Waals surface area contributed by atoms with Crippen molar-refractivity contribution in [3.8, 4) is 5.75 Å². The van der Waals surface area contributed by atoms with Gasteiger partial charge >= 0.3 is 20.4 Å². The molecule has 0 saturated carbocycles. The summed E-state index contributed by atoms with van der Waals surface area (Å²) in [6, 6.07) is 6.36. The summed E-state index contributed by atoms with van der Waals surface area (Å²) in [5.74, 6) is -0.454. The second-order valence-corrected chi connectivity index (χ2v) is 20.1. The molecule has 3 fully saturated rings. The molecule has 5 aromatic rings. The van der Waals surface area contributed by atoms with Gasteiger partial charge in [0.2, 0.25) is 5.95 Å². The quantitative estimate of drug-likeness (QED) is 0.0664. The van der Waals surface area contributed by atoms with Gasteiger partial charge in [0.1, 0.15) is 48.4 Å². The average molecular weight is 913 g/mol. The number of esters is 1. The van der Waals surface area contributed by atoms with Crippen molar-refractivity contribution in [1.29, 1.82) is 0 Å². The lowest BCUT2D eigenvalue weighted by atomic mass is 10.1. The number of ether oxygens (including phenoxy) is 4. The number of rotatable bonds is 10. The van der Waals surface area contributed by atoms with E-state index < -0.39 is 88.7 Å². The van der Waals surface area contributed by atoms with Crippen LogP contribution in [0.1, 0.15) is 50.6 Å². The van der Waals surface area contributed by atoms with Crippen molar-refractivity contribution in [2.45, 2.75) is 87.6 Å². The number of imidazole rings is 2. The average Bonchev–Trinajstić information content (AvgIpc) is 3.99. The van der Waals surface area contributed by atoms with Crippen molar-refractivity contribution in [2.24, 2.45) is 0 Å². The van der Waals surface area contributed by atoms with Gasteiger partial charge in [-0.1, -0.05) is 31.9 Å². The topological polar surface area (TPSA) is 295 Å². The van der Waals surface area contributed by atoms with Crippen LogP contribution in [0.2, 0.25) is 0 Å². The van der Waals surface area contributed by atoms with Gasteiger partial charge in [-0.3, -0.25) is 37.3 Å². The number of fused-ring (bicyclic) bond motifs is 5. The molecule has 2 bridgehead atoms. The highest BCUT2D eigenvalue weighted by Gasteiger charge is 2.54. The SMILES string of the molecule is CCCCCC(=O)Oc1ccc(CSP2(=O)OC[C@H]3O[C@@H](n4cnc5c(N)ncnc54)[C@H](F)[C@@H]3OCP(=O)(O)OC[C@H]3O[C@@H](n4cnc5c(=O)[nH]c(N)nc54)[C@H](O2)[C@@H]3F)cc1. The fraction of sp³-hybridized carbons (Fsp3) is 0.500. The van der Waals surface area contributed by atoms with E-state index in [0.29, 0.717) is 29.1 Å².